The highest BCUT2D eigenvalue weighted by molar-refractivity contribution is 5.91. The summed E-state index contributed by atoms with van der Waals surface area (Å²) in [5, 5.41) is 2.90. The van der Waals surface area contributed by atoms with Crippen LogP contribution in [0.4, 0.5) is 5.69 Å². The normalized spacial score (nSPS) is 10.4. The zero-order chi connectivity index (χ0) is 18.4. The lowest BCUT2D eigenvalue weighted by molar-refractivity contribution is -0.116. The number of aromatic nitrogens is 2. The van der Waals surface area contributed by atoms with Crippen LogP contribution in [-0.4, -0.2) is 15.9 Å². The maximum absolute atomic E-state index is 12.2. The van der Waals surface area contributed by atoms with Gasteiger partial charge in [-0.1, -0.05) is 36.4 Å². The van der Waals surface area contributed by atoms with Gasteiger partial charge in [0.05, 0.1) is 0 Å². The summed E-state index contributed by atoms with van der Waals surface area (Å²) < 4.78 is 5.72. The zero-order valence-electron chi connectivity index (χ0n) is 14.9. The highest BCUT2D eigenvalue weighted by atomic mass is 16.5. The van der Waals surface area contributed by atoms with Gasteiger partial charge in [0.15, 0.2) is 0 Å². The van der Waals surface area contributed by atoms with Crippen molar-refractivity contribution in [2.45, 2.75) is 26.7 Å². The van der Waals surface area contributed by atoms with Crippen LogP contribution in [0.1, 0.15) is 23.4 Å². The smallest absolute Gasteiger partial charge is 0.322 e. The Hall–Kier alpha value is -3.21. The van der Waals surface area contributed by atoms with Gasteiger partial charge >= 0.3 is 6.01 Å². The molecule has 2 aromatic carbocycles. The Kier molecular flexibility index (Phi) is 5.59. The third-order valence-electron chi connectivity index (χ3n) is 3.77. The van der Waals surface area contributed by atoms with E-state index in [1.54, 1.807) is 12.1 Å². The van der Waals surface area contributed by atoms with Crippen molar-refractivity contribution in [2.75, 3.05) is 5.32 Å². The number of ether oxygens (including phenoxy) is 1. The molecule has 26 heavy (non-hydrogen) atoms. The van der Waals surface area contributed by atoms with Gasteiger partial charge in [0.1, 0.15) is 5.75 Å². The monoisotopic (exact) mass is 347 g/mol. The van der Waals surface area contributed by atoms with Crippen molar-refractivity contribution >= 4 is 11.6 Å². The molecule has 0 fully saturated rings. The van der Waals surface area contributed by atoms with E-state index in [9.17, 15) is 4.79 Å². The van der Waals surface area contributed by atoms with E-state index < -0.39 is 0 Å². The minimum absolute atomic E-state index is 0.0337. The Balaban J connectivity index is 1.60. The van der Waals surface area contributed by atoms with Gasteiger partial charge in [-0.3, -0.25) is 4.79 Å². The number of hydrogen-bond donors (Lipinski definition) is 1. The topological polar surface area (TPSA) is 64.1 Å². The Morgan fingerprint density at radius 3 is 2.42 bits per heavy atom. The molecular weight excluding hydrogens is 326 g/mol. The predicted octanol–water partition coefficient (Wildman–Crippen LogP) is 4.46. The van der Waals surface area contributed by atoms with Gasteiger partial charge in [-0.25, -0.2) is 9.97 Å². The van der Waals surface area contributed by atoms with Crippen LogP contribution in [0.25, 0.3) is 0 Å². The van der Waals surface area contributed by atoms with E-state index in [1.165, 1.54) is 0 Å². The van der Waals surface area contributed by atoms with Crippen LogP contribution in [0, 0.1) is 13.8 Å². The standard InChI is InChI=1S/C21H21N3O2/c1-15-13-16(2)23-21(22-15)26-19-10-6-9-18(14-19)24-20(25)12-11-17-7-4-3-5-8-17/h3-10,13-14H,11-12H2,1-2H3,(H,24,25). The number of rotatable bonds is 6. The fourth-order valence-corrected chi connectivity index (χ4v) is 2.61. The van der Waals surface area contributed by atoms with Crippen molar-refractivity contribution in [2.24, 2.45) is 0 Å². The molecule has 1 amide bonds. The molecular formula is C21H21N3O2. The molecule has 1 aromatic heterocycles. The minimum Gasteiger partial charge on any atom is -0.424 e. The highest BCUT2D eigenvalue weighted by Crippen LogP contribution is 2.22. The third-order valence-corrected chi connectivity index (χ3v) is 3.77. The molecule has 132 valence electrons. The average Bonchev–Trinajstić information content (AvgIpc) is 2.60. The van der Waals surface area contributed by atoms with Gasteiger partial charge in [0.2, 0.25) is 5.91 Å². The molecule has 5 nitrogen and oxygen atoms in total. The summed E-state index contributed by atoms with van der Waals surface area (Å²) >= 11 is 0. The first-order valence-electron chi connectivity index (χ1n) is 8.52. The number of nitrogens with zero attached hydrogens (tertiary/aromatic N) is 2. The van der Waals surface area contributed by atoms with Gasteiger partial charge in [-0.05, 0) is 44.0 Å². The summed E-state index contributed by atoms with van der Waals surface area (Å²) in [4.78, 5) is 20.7. The SMILES string of the molecule is Cc1cc(C)nc(Oc2cccc(NC(=O)CCc3ccccc3)c2)n1. The second-order valence-electron chi connectivity index (χ2n) is 6.10. The summed E-state index contributed by atoms with van der Waals surface area (Å²) in [7, 11) is 0. The van der Waals surface area contributed by atoms with E-state index in [1.807, 2.05) is 62.4 Å². The highest BCUT2D eigenvalue weighted by Gasteiger charge is 2.06. The molecule has 0 radical (unpaired) electrons. The van der Waals surface area contributed by atoms with Gasteiger partial charge in [0.25, 0.3) is 0 Å². The first-order chi connectivity index (χ1) is 12.6. The first kappa shape index (κ1) is 17.6. The first-order valence-corrected chi connectivity index (χ1v) is 8.52. The molecule has 0 unspecified atom stereocenters. The summed E-state index contributed by atoms with van der Waals surface area (Å²) in [6.45, 7) is 3.79. The molecule has 5 heteroatoms. The summed E-state index contributed by atoms with van der Waals surface area (Å²) in [6.07, 6.45) is 1.13. The molecule has 3 aromatic rings. The van der Waals surface area contributed by atoms with Gasteiger partial charge in [0, 0.05) is 29.6 Å². The fourth-order valence-electron chi connectivity index (χ4n) is 2.61. The lowest BCUT2D eigenvalue weighted by Crippen LogP contribution is -2.12. The van der Waals surface area contributed by atoms with E-state index in [-0.39, 0.29) is 5.91 Å². The molecule has 0 saturated carbocycles. The maximum atomic E-state index is 12.2. The molecule has 0 saturated heterocycles. The third kappa shape index (κ3) is 5.14. The number of aryl methyl sites for hydroxylation is 3. The Bertz CT molecular complexity index is 875. The van der Waals surface area contributed by atoms with Crippen molar-refractivity contribution in [3.63, 3.8) is 0 Å². The lowest BCUT2D eigenvalue weighted by atomic mass is 10.1. The van der Waals surface area contributed by atoms with E-state index >= 15 is 0 Å². The Labute approximate surface area is 153 Å². The number of carbonyl (C=O) groups excluding carboxylic acids is 1. The fraction of sp³-hybridized carbons (Fsp3) is 0.190. The van der Waals surface area contributed by atoms with Crippen LogP contribution in [0.3, 0.4) is 0 Å². The van der Waals surface area contributed by atoms with Crippen LogP contribution in [0.5, 0.6) is 11.8 Å². The number of hydrogen-bond acceptors (Lipinski definition) is 4. The van der Waals surface area contributed by atoms with Crippen molar-refractivity contribution in [3.8, 4) is 11.8 Å². The zero-order valence-corrected chi connectivity index (χ0v) is 14.9. The van der Waals surface area contributed by atoms with Crippen LogP contribution in [0.2, 0.25) is 0 Å². The van der Waals surface area contributed by atoms with Crippen molar-refractivity contribution in [1.82, 2.24) is 9.97 Å². The molecule has 0 aliphatic heterocycles. The Morgan fingerprint density at radius 2 is 1.69 bits per heavy atom. The second-order valence-corrected chi connectivity index (χ2v) is 6.10. The summed E-state index contributed by atoms with van der Waals surface area (Å²) in [5.74, 6) is 0.546. The van der Waals surface area contributed by atoms with E-state index in [2.05, 4.69) is 15.3 Å². The van der Waals surface area contributed by atoms with Crippen LogP contribution >= 0.6 is 0 Å². The number of benzene rings is 2. The second kappa shape index (κ2) is 8.25. The number of anilines is 1. The number of carbonyl (C=O) groups is 1. The van der Waals surface area contributed by atoms with Gasteiger partial charge < -0.3 is 10.1 Å². The molecule has 0 bridgehead atoms. The van der Waals surface area contributed by atoms with Crippen LogP contribution in [0.15, 0.2) is 60.7 Å². The molecule has 0 aliphatic carbocycles. The van der Waals surface area contributed by atoms with Gasteiger partial charge in [-0.2, -0.15) is 0 Å². The summed E-state index contributed by atoms with van der Waals surface area (Å²) in [5.41, 5.74) is 3.52. The van der Waals surface area contributed by atoms with Crippen molar-refractivity contribution in [1.29, 1.82) is 0 Å². The summed E-state index contributed by atoms with van der Waals surface area (Å²) in [6, 6.07) is 19.4. The molecule has 1 N–H and O–H groups in total. The average molecular weight is 347 g/mol. The maximum Gasteiger partial charge on any atom is 0.322 e. The number of nitrogens with one attached hydrogen (secondary N) is 1. The lowest BCUT2D eigenvalue weighted by Gasteiger charge is -2.09. The largest absolute Gasteiger partial charge is 0.424 e. The molecule has 1 heterocycles. The Morgan fingerprint density at radius 1 is 0.962 bits per heavy atom. The predicted molar refractivity (Wildman–Crippen MR) is 101 cm³/mol. The minimum atomic E-state index is -0.0337. The molecule has 0 atom stereocenters. The van der Waals surface area contributed by atoms with Crippen molar-refractivity contribution < 1.29 is 9.53 Å². The van der Waals surface area contributed by atoms with E-state index in [4.69, 9.17) is 4.74 Å². The van der Waals surface area contributed by atoms with Gasteiger partial charge in [-0.15, -0.1) is 0 Å². The van der Waals surface area contributed by atoms with Crippen molar-refractivity contribution in [3.05, 3.63) is 77.6 Å². The quantitative estimate of drug-likeness (QED) is 0.715. The molecule has 3 rings (SSSR count). The molecule has 0 aliphatic rings. The van der Waals surface area contributed by atoms with E-state index in [0.29, 0.717) is 30.3 Å². The number of amides is 1. The van der Waals surface area contributed by atoms with Crippen LogP contribution in [-0.2, 0) is 11.2 Å². The van der Waals surface area contributed by atoms with Crippen LogP contribution < -0.4 is 10.1 Å². The molecule has 0 spiro atoms. The van der Waals surface area contributed by atoms with E-state index in [0.717, 1.165) is 17.0 Å².